The fourth-order valence-corrected chi connectivity index (χ4v) is 1.92. The highest BCUT2D eigenvalue weighted by molar-refractivity contribution is 5.97. The number of nitrogens with zero attached hydrogens (tertiary/aromatic N) is 1. The van der Waals surface area contributed by atoms with E-state index >= 15 is 0 Å². The molecule has 0 spiro atoms. The van der Waals surface area contributed by atoms with Crippen molar-refractivity contribution in [3.8, 4) is 17.1 Å². The van der Waals surface area contributed by atoms with Crippen molar-refractivity contribution in [2.75, 3.05) is 7.11 Å². The lowest BCUT2D eigenvalue weighted by atomic mass is 10.1. The largest absolute Gasteiger partial charge is 0.493 e. The normalized spacial score (nSPS) is 10.8. The Bertz CT molecular complexity index is 755. The first kappa shape index (κ1) is 11.3. The van der Waals surface area contributed by atoms with E-state index in [2.05, 4.69) is 5.16 Å². The zero-order valence-electron chi connectivity index (χ0n) is 9.91. The molecule has 0 atom stereocenters. The number of carbonyl (C=O) groups is 1. The number of hydrogen-bond donors (Lipinski definition) is 1. The van der Waals surface area contributed by atoms with Gasteiger partial charge in [0.1, 0.15) is 0 Å². The van der Waals surface area contributed by atoms with Crippen LogP contribution in [0.5, 0.6) is 5.75 Å². The van der Waals surface area contributed by atoms with Gasteiger partial charge in [0.15, 0.2) is 22.8 Å². The van der Waals surface area contributed by atoms with Gasteiger partial charge in [-0.15, -0.1) is 0 Å². The van der Waals surface area contributed by atoms with Crippen molar-refractivity contribution in [2.24, 2.45) is 0 Å². The van der Waals surface area contributed by atoms with Crippen LogP contribution >= 0.6 is 0 Å². The smallest absolute Gasteiger partial charge is 0.358 e. The molecule has 0 saturated carbocycles. The summed E-state index contributed by atoms with van der Waals surface area (Å²) in [5.41, 5.74) is 1.14. The second kappa shape index (κ2) is 4.16. The number of methoxy groups -OCH3 is 1. The third-order valence-electron chi connectivity index (χ3n) is 2.80. The van der Waals surface area contributed by atoms with Gasteiger partial charge in [-0.1, -0.05) is 5.16 Å². The molecule has 6 heteroatoms. The molecule has 0 saturated heterocycles. The van der Waals surface area contributed by atoms with E-state index in [4.69, 9.17) is 18.8 Å². The van der Waals surface area contributed by atoms with Gasteiger partial charge in [0.25, 0.3) is 0 Å². The number of furan rings is 1. The first-order valence-corrected chi connectivity index (χ1v) is 5.45. The highest BCUT2D eigenvalue weighted by Crippen LogP contribution is 2.35. The summed E-state index contributed by atoms with van der Waals surface area (Å²) >= 11 is 0. The van der Waals surface area contributed by atoms with Crippen LogP contribution in [0, 0.1) is 0 Å². The summed E-state index contributed by atoms with van der Waals surface area (Å²) < 4.78 is 15.6. The molecule has 0 fully saturated rings. The molecule has 6 nitrogen and oxygen atoms in total. The average molecular weight is 259 g/mol. The van der Waals surface area contributed by atoms with Crippen LogP contribution in [0.2, 0.25) is 0 Å². The Morgan fingerprint density at radius 1 is 1.37 bits per heavy atom. The number of hydrogen-bond acceptors (Lipinski definition) is 5. The molecule has 0 unspecified atom stereocenters. The van der Waals surface area contributed by atoms with Gasteiger partial charge in [0.05, 0.1) is 13.4 Å². The lowest BCUT2D eigenvalue weighted by molar-refractivity contribution is 0.0686. The van der Waals surface area contributed by atoms with Gasteiger partial charge < -0.3 is 18.8 Å². The predicted octanol–water partition coefficient (Wildman–Crippen LogP) is 2.79. The number of carboxylic acids is 1. The summed E-state index contributed by atoms with van der Waals surface area (Å²) in [7, 11) is 1.55. The zero-order chi connectivity index (χ0) is 13.4. The molecular formula is C13H9NO5. The van der Waals surface area contributed by atoms with Gasteiger partial charge in [-0.25, -0.2) is 4.79 Å². The number of fused-ring (bicyclic) bond motifs is 1. The van der Waals surface area contributed by atoms with Gasteiger partial charge in [-0.05, 0) is 18.2 Å². The molecule has 0 aliphatic heterocycles. The molecular weight excluding hydrogens is 250 g/mol. The molecule has 1 aromatic carbocycles. The molecule has 3 rings (SSSR count). The highest BCUT2D eigenvalue weighted by atomic mass is 16.5. The van der Waals surface area contributed by atoms with Gasteiger partial charge >= 0.3 is 5.97 Å². The van der Waals surface area contributed by atoms with Crippen molar-refractivity contribution in [2.45, 2.75) is 0 Å². The van der Waals surface area contributed by atoms with Crippen LogP contribution in [-0.2, 0) is 0 Å². The molecule has 0 bridgehead atoms. The van der Waals surface area contributed by atoms with E-state index in [0.29, 0.717) is 22.7 Å². The minimum absolute atomic E-state index is 0.137. The second-order valence-corrected chi connectivity index (χ2v) is 3.86. The van der Waals surface area contributed by atoms with E-state index in [1.165, 1.54) is 12.3 Å². The SMILES string of the molecule is COc1ccc(-c2cc(C(=O)O)no2)c2ccoc12. The van der Waals surface area contributed by atoms with E-state index in [1.807, 2.05) is 0 Å². The topological polar surface area (TPSA) is 85.7 Å². The van der Waals surface area contributed by atoms with Gasteiger partial charge in [0.2, 0.25) is 0 Å². The fourth-order valence-electron chi connectivity index (χ4n) is 1.92. The van der Waals surface area contributed by atoms with E-state index < -0.39 is 5.97 Å². The Morgan fingerprint density at radius 3 is 2.89 bits per heavy atom. The summed E-state index contributed by atoms with van der Waals surface area (Å²) in [4.78, 5) is 10.8. The van der Waals surface area contributed by atoms with Gasteiger partial charge in [-0.3, -0.25) is 0 Å². The lowest BCUT2D eigenvalue weighted by Crippen LogP contribution is -1.94. The summed E-state index contributed by atoms with van der Waals surface area (Å²) in [6.45, 7) is 0. The maximum Gasteiger partial charge on any atom is 0.358 e. The molecule has 2 heterocycles. The number of ether oxygens (including phenoxy) is 1. The standard InChI is InChI=1S/C13H9NO5/c1-17-10-3-2-7(8-4-5-18-12(8)10)11-6-9(13(15)16)14-19-11/h2-6H,1H3,(H,15,16). The quantitative estimate of drug-likeness (QED) is 0.778. The van der Waals surface area contributed by atoms with Crippen LogP contribution in [0.4, 0.5) is 0 Å². The molecule has 2 aromatic heterocycles. The summed E-state index contributed by atoms with van der Waals surface area (Å²) in [6.07, 6.45) is 1.53. The zero-order valence-corrected chi connectivity index (χ0v) is 9.91. The number of benzene rings is 1. The first-order valence-electron chi connectivity index (χ1n) is 5.45. The number of aromatic nitrogens is 1. The maximum absolute atomic E-state index is 10.8. The minimum Gasteiger partial charge on any atom is -0.493 e. The lowest BCUT2D eigenvalue weighted by Gasteiger charge is -2.03. The summed E-state index contributed by atoms with van der Waals surface area (Å²) in [6, 6.07) is 6.62. The number of rotatable bonds is 3. The summed E-state index contributed by atoms with van der Waals surface area (Å²) in [5.74, 6) is -0.167. The molecule has 96 valence electrons. The molecule has 0 aliphatic carbocycles. The van der Waals surface area contributed by atoms with E-state index in [1.54, 1.807) is 25.3 Å². The molecule has 0 radical (unpaired) electrons. The van der Waals surface area contributed by atoms with E-state index in [-0.39, 0.29) is 5.69 Å². The monoisotopic (exact) mass is 259 g/mol. The van der Waals surface area contributed by atoms with E-state index in [9.17, 15) is 4.79 Å². The van der Waals surface area contributed by atoms with Gasteiger partial charge in [-0.2, -0.15) is 0 Å². The van der Waals surface area contributed by atoms with Crippen molar-refractivity contribution in [3.05, 3.63) is 36.2 Å². The number of carboxylic acid groups (broad SMARTS) is 1. The van der Waals surface area contributed by atoms with Crippen molar-refractivity contribution < 1.29 is 23.6 Å². The Labute approximate surface area is 107 Å². The van der Waals surface area contributed by atoms with Crippen molar-refractivity contribution in [3.63, 3.8) is 0 Å². The van der Waals surface area contributed by atoms with Crippen LogP contribution in [0.15, 0.2) is 39.5 Å². The number of aromatic carboxylic acids is 1. The van der Waals surface area contributed by atoms with Gasteiger partial charge in [0, 0.05) is 17.0 Å². The minimum atomic E-state index is -1.13. The van der Waals surface area contributed by atoms with Crippen LogP contribution in [-0.4, -0.2) is 23.3 Å². The fraction of sp³-hybridized carbons (Fsp3) is 0.0769. The Hall–Kier alpha value is -2.76. The third-order valence-corrected chi connectivity index (χ3v) is 2.80. The summed E-state index contributed by atoms with van der Waals surface area (Å²) in [5, 5.41) is 13.1. The Kier molecular flexibility index (Phi) is 2.49. The predicted molar refractivity (Wildman–Crippen MR) is 65.2 cm³/mol. The van der Waals surface area contributed by atoms with E-state index in [0.717, 1.165) is 5.39 Å². The first-order chi connectivity index (χ1) is 9.20. The van der Waals surface area contributed by atoms with Crippen LogP contribution < -0.4 is 4.74 Å². The average Bonchev–Trinajstić information content (AvgIpc) is 3.06. The molecule has 19 heavy (non-hydrogen) atoms. The molecule has 1 N–H and O–H groups in total. The van der Waals surface area contributed by atoms with Crippen molar-refractivity contribution in [1.29, 1.82) is 0 Å². The van der Waals surface area contributed by atoms with Crippen LogP contribution in [0.3, 0.4) is 0 Å². The molecule has 0 aliphatic rings. The highest BCUT2D eigenvalue weighted by Gasteiger charge is 2.16. The van der Waals surface area contributed by atoms with Crippen LogP contribution in [0.25, 0.3) is 22.3 Å². The van der Waals surface area contributed by atoms with Crippen LogP contribution in [0.1, 0.15) is 10.5 Å². The van der Waals surface area contributed by atoms with Crippen molar-refractivity contribution in [1.82, 2.24) is 5.16 Å². The maximum atomic E-state index is 10.8. The van der Waals surface area contributed by atoms with Crippen molar-refractivity contribution >= 4 is 16.9 Å². The third kappa shape index (κ3) is 1.74. The Morgan fingerprint density at radius 2 is 2.21 bits per heavy atom. The molecule has 0 amide bonds. The second-order valence-electron chi connectivity index (χ2n) is 3.86. The molecule has 3 aromatic rings. The Balaban J connectivity index is 2.19.